The molecule has 1 saturated heterocycles. The molecule has 0 aromatic carbocycles. The molecule has 2 heterocycles. The molecule has 1 unspecified atom stereocenters. The predicted molar refractivity (Wildman–Crippen MR) is 87.6 cm³/mol. The molecule has 1 aromatic heterocycles. The van der Waals surface area contributed by atoms with Crippen molar-refractivity contribution >= 4 is 17.2 Å². The lowest BCUT2D eigenvalue weighted by Gasteiger charge is -2.36. The van der Waals surface area contributed by atoms with E-state index in [4.69, 9.17) is 0 Å². The van der Waals surface area contributed by atoms with Crippen LogP contribution >= 0.6 is 11.3 Å². The molecule has 0 aliphatic carbocycles. The third-order valence-electron chi connectivity index (χ3n) is 4.26. The van der Waals surface area contributed by atoms with Gasteiger partial charge in [0.2, 0.25) is 5.91 Å². The van der Waals surface area contributed by atoms with Gasteiger partial charge in [0, 0.05) is 30.6 Å². The van der Waals surface area contributed by atoms with Gasteiger partial charge in [-0.05, 0) is 46.2 Å². The summed E-state index contributed by atoms with van der Waals surface area (Å²) in [5.41, 5.74) is 1.11. The summed E-state index contributed by atoms with van der Waals surface area (Å²) < 4.78 is 0. The third kappa shape index (κ3) is 4.27. The average Bonchev–Trinajstić information content (AvgIpc) is 2.84. The first kappa shape index (κ1) is 16.4. The first-order valence-corrected chi connectivity index (χ1v) is 8.75. The molecule has 21 heavy (non-hydrogen) atoms. The van der Waals surface area contributed by atoms with E-state index in [1.807, 2.05) is 25.9 Å². The van der Waals surface area contributed by atoms with Gasteiger partial charge in [0.25, 0.3) is 0 Å². The number of carbonyl (C=O) groups excluding carboxylic acids is 1. The zero-order chi connectivity index (χ0) is 15.4. The number of hydrogen-bond donors (Lipinski definition) is 0. The van der Waals surface area contributed by atoms with Gasteiger partial charge < -0.3 is 4.90 Å². The Bertz CT molecular complexity index is 472. The Hall–Kier alpha value is -0.940. The molecule has 0 radical (unpaired) electrons. The Balaban J connectivity index is 1.95. The van der Waals surface area contributed by atoms with Gasteiger partial charge >= 0.3 is 0 Å². The smallest absolute Gasteiger partial charge is 0.239 e. The summed E-state index contributed by atoms with van der Waals surface area (Å²) in [6.45, 7) is 5.93. The van der Waals surface area contributed by atoms with E-state index in [0.717, 1.165) is 38.0 Å². The minimum absolute atomic E-state index is 0.0193. The molecule has 0 spiro atoms. The molecule has 0 saturated carbocycles. The molecule has 1 aliphatic heterocycles. The van der Waals surface area contributed by atoms with Crippen LogP contribution < -0.4 is 0 Å². The lowest BCUT2D eigenvalue weighted by Crippen LogP contribution is -2.49. The third-order valence-corrected chi connectivity index (χ3v) is 5.24. The van der Waals surface area contributed by atoms with Gasteiger partial charge in [0.15, 0.2) is 0 Å². The molecule has 2 rings (SSSR count). The normalized spacial score (nSPS) is 20.8. The maximum atomic E-state index is 12.6. The van der Waals surface area contributed by atoms with E-state index in [9.17, 15) is 4.79 Å². The van der Waals surface area contributed by atoms with Crippen molar-refractivity contribution in [2.45, 2.75) is 45.6 Å². The second kappa shape index (κ2) is 7.36. The van der Waals surface area contributed by atoms with Gasteiger partial charge in [-0.2, -0.15) is 0 Å². The molecule has 1 aliphatic rings. The lowest BCUT2D eigenvalue weighted by atomic mass is 9.94. The quantitative estimate of drug-likeness (QED) is 0.839. The molecule has 1 aromatic rings. The Labute approximate surface area is 132 Å². The van der Waals surface area contributed by atoms with E-state index in [1.165, 1.54) is 11.4 Å². The number of thiazole rings is 1. The Kier molecular flexibility index (Phi) is 5.76. The zero-order valence-corrected chi connectivity index (χ0v) is 14.4. The fourth-order valence-electron chi connectivity index (χ4n) is 3.15. The van der Waals surface area contributed by atoms with Crippen LogP contribution in [0, 0.1) is 12.8 Å². The van der Waals surface area contributed by atoms with Crippen LogP contribution in [0.3, 0.4) is 0 Å². The monoisotopic (exact) mass is 309 g/mol. The fraction of sp³-hybridized carbons (Fsp3) is 0.750. The van der Waals surface area contributed by atoms with Crippen molar-refractivity contribution in [3.8, 4) is 0 Å². The van der Waals surface area contributed by atoms with Crippen LogP contribution in [0.1, 0.15) is 36.9 Å². The highest BCUT2D eigenvalue weighted by Gasteiger charge is 2.29. The number of hydrogen-bond acceptors (Lipinski definition) is 4. The van der Waals surface area contributed by atoms with Gasteiger partial charge in [-0.25, -0.2) is 4.98 Å². The van der Waals surface area contributed by atoms with Crippen molar-refractivity contribution in [1.82, 2.24) is 14.8 Å². The molecule has 5 heteroatoms. The van der Waals surface area contributed by atoms with Crippen molar-refractivity contribution in [2.24, 2.45) is 5.92 Å². The second-order valence-electron chi connectivity index (χ2n) is 6.27. The van der Waals surface area contributed by atoms with Crippen LogP contribution in [0.4, 0.5) is 0 Å². The maximum Gasteiger partial charge on any atom is 0.239 e. The van der Waals surface area contributed by atoms with Gasteiger partial charge in [-0.1, -0.05) is 6.92 Å². The molecular weight excluding hydrogens is 282 g/mol. The minimum Gasteiger partial charge on any atom is -0.341 e. The Morgan fingerprint density at radius 1 is 1.57 bits per heavy atom. The SMILES string of the molecule is CC[C@H](C(=O)N1CCCC(Cc2nc(C)cs2)C1)N(C)C. The number of piperidine rings is 1. The highest BCUT2D eigenvalue weighted by atomic mass is 32.1. The van der Waals surface area contributed by atoms with E-state index in [2.05, 4.69) is 22.2 Å². The zero-order valence-electron chi connectivity index (χ0n) is 13.6. The van der Waals surface area contributed by atoms with Crippen molar-refractivity contribution in [1.29, 1.82) is 0 Å². The number of likely N-dealkylation sites (tertiary alicyclic amines) is 1. The summed E-state index contributed by atoms with van der Waals surface area (Å²) in [5, 5.41) is 3.33. The van der Waals surface area contributed by atoms with Crippen LogP contribution in [0.2, 0.25) is 0 Å². The minimum atomic E-state index is 0.0193. The first-order valence-electron chi connectivity index (χ1n) is 7.87. The number of aryl methyl sites for hydroxylation is 1. The van der Waals surface area contributed by atoms with E-state index in [-0.39, 0.29) is 6.04 Å². The number of nitrogens with zero attached hydrogens (tertiary/aromatic N) is 3. The summed E-state index contributed by atoms with van der Waals surface area (Å²) in [7, 11) is 3.98. The van der Waals surface area contributed by atoms with Crippen molar-refractivity contribution in [2.75, 3.05) is 27.2 Å². The van der Waals surface area contributed by atoms with Crippen molar-refractivity contribution in [3.63, 3.8) is 0 Å². The largest absolute Gasteiger partial charge is 0.341 e. The number of aromatic nitrogens is 1. The summed E-state index contributed by atoms with van der Waals surface area (Å²) in [6.07, 6.45) is 4.21. The van der Waals surface area contributed by atoms with E-state index >= 15 is 0 Å². The first-order chi connectivity index (χ1) is 10.0. The fourth-order valence-corrected chi connectivity index (χ4v) is 4.03. The number of carbonyl (C=O) groups is 1. The lowest BCUT2D eigenvalue weighted by molar-refractivity contribution is -0.138. The Morgan fingerprint density at radius 3 is 2.90 bits per heavy atom. The summed E-state index contributed by atoms with van der Waals surface area (Å²) >= 11 is 1.75. The van der Waals surface area contributed by atoms with Gasteiger partial charge in [0.05, 0.1) is 11.0 Å². The highest BCUT2D eigenvalue weighted by Crippen LogP contribution is 2.23. The molecule has 1 amide bonds. The van der Waals surface area contributed by atoms with E-state index < -0.39 is 0 Å². The Morgan fingerprint density at radius 2 is 2.33 bits per heavy atom. The number of amides is 1. The van der Waals surface area contributed by atoms with Crippen LogP contribution in [-0.2, 0) is 11.2 Å². The molecule has 0 N–H and O–H groups in total. The van der Waals surface area contributed by atoms with Crippen LogP contribution in [0.25, 0.3) is 0 Å². The standard InChI is InChI=1S/C16H27N3OS/c1-5-14(18(3)4)16(20)19-8-6-7-13(10-19)9-15-17-12(2)11-21-15/h11,13-14H,5-10H2,1-4H3/t13?,14-/m1/s1. The molecule has 118 valence electrons. The van der Waals surface area contributed by atoms with E-state index in [1.54, 1.807) is 11.3 Å². The summed E-state index contributed by atoms with van der Waals surface area (Å²) in [6, 6.07) is 0.0193. The average molecular weight is 309 g/mol. The van der Waals surface area contributed by atoms with Gasteiger partial charge in [-0.3, -0.25) is 9.69 Å². The maximum absolute atomic E-state index is 12.6. The molecule has 4 nitrogen and oxygen atoms in total. The molecule has 0 bridgehead atoms. The van der Waals surface area contributed by atoms with Crippen molar-refractivity contribution < 1.29 is 4.79 Å². The van der Waals surface area contributed by atoms with Gasteiger partial charge in [0.1, 0.15) is 0 Å². The second-order valence-corrected chi connectivity index (χ2v) is 7.21. The predicted octanol–water partition coefficient (Wildman–Crippen LogP) is 2.57. The summed E-state index contributed by atoms with van der Waals surface area (Å²) in [5.74, 6) is 0.857. The van der Waals surface area contributed by atoms with Crippen LogP contribution in [0.5, 0.6) is 0 Å². The summed E-state index contributed by atoms with van der Waals surface area (Å²) in [4.78, 5) is 21.3. The number of rotatable bonds is 5. The topological polar surface area (TPSA) is 36.4 Å². The molecular formula is C16H27N3OS. The van der Waals surface area contributed by atoms with Gasteiger partial charge in [-0.15, -0.1) is 11.3 Å². The molecule has 1 fully saturated rings. The van der Waals surface area contributed by atoms with Crippen LogP contribution in [-0.4, -0.2) is 53.9 Å². The van der Waals surface area contributed by atoms with Crippen molar-refractivity contribution in [3.05, 3.63) is 16.1 Å². The number of likely N-dealkylation sites (N-methyl/N-ethyl adjacent to an activating group) is 1. The van der Waals surface area contributed by atoms with Crippen LogP contribution in [0.15, 0.2) is 5.38 Å². The molecule has 2 atom stereocenters. The van der Waals surface area contributed by atoms with E-state index in [0.29, 0.717) is 11.8 Å². The highest BCUT2D eigenvalue weighted by molar-refractivity contribution is 7.09.